The zero-order valence-corrected chi connectivity index (χ0v) is 17.3. The number of aromatic nitrogens is 6. The van der Waals surface area contributed by atoms with E-state index in [4.69, 9.17) is 0 Å². The molecule has 1 unspecified atom stereocenters. The van der Waals surface area contributed by atoms with E-state index in [0.717, 1.165) is 30.0 Å². The van der Waals surface area contributed by atoms with Gasteiger partial charge in [-0.1, -0.05) is 0 Å². The van der Waals surface area contributed by atoms with Crippen molar-refractivity contribution in [3.63, 3.8) is 0 Å². The average molecular weight is 403 g/mol. The van der Waals surface area contributed by atoms with Crippen LogP contribution >= 0.6 is 0 Å². The first-order valence-electron chi connectivity index (χ1n) is 10.1. The van der Waals surface area contributed by atoms with Gasteiger partial charge in [-0.05, 0) is 45.2 Å². The summed E-state index contributed by atoms with van der Waals surface area (Å²) in [7, 11) is 2.20. The Hall–Kier alpha value is -3.46. The molecule has 0 spiro atoms. The van der Waals surface area contributed by atoms with Crippen molar-refractivity contribution in [2.24, 2.45) is 0 Å². The fourth-order valence-corrected chi connectivity index (χ4v) is 4.03. The summed E-state index contributed by atoms with van der Waals surface area (Å²) < 4.78 is 1.77. The summed E-state index contributed by atoms with van der Waals surface area (Å²) in [6.45, 7) is 6.65. The van der Waals surface area contributed by atoms with E-state index in [-0.39, 0.29) is 0 Å². The van der Waals surface area contributed by atoms with Crippen LogP contribution in [0.2, 0.25) is 0 Å². The Bertz CT molecular complexity index is 1130. The normalized spacial score (nSPS) is 20.0. The van der Waals surface area contributed by atoms with Crippen LogP contribution in [0.4, 0.5) is 17.2 Å². The molecule has 0 amide bonds. The number of hydrogen-bond acceptors (Lipinski definition) is 7. The Labute approximate surface area is 174 Å². The van der Waals surface area contributed by atoms with Crippen molar-refractivity contribution < 1.29 is 0 Å². The van der Waals surface area contributed by atoms with E-state index in [1.165, 1.54) is 12.0 Å². The first-order chi connectivity index (χ1) is 14.6. The molecule has 0 aliphatic carbocycles. The molecule has 9 nitrogen and oxygen atoms in total. The van der Waals surface area contributed by atoms with Crippen LogP contribution in [0.15, 0.2) is 49.2 Å². The molecular formula is C21H25N9. The van der Waals surface area contributed by atoms with Crippen molar-refractivity contribution >= 4 is 22.8 Å². The zero-order valence-electron chi connectivity index (χ0n) is 17.3. The summed E-state index contributed by atoms with van der Waals surface area (Å²) in [4.78, 5) is 13.9. The lowest BCUT2D eigenvalue weighted by atomic mass is 10.1. The molecule has 4 aromatic rings. The van der Waals surface area contributed by atoms with Crippen LogP contribution in [0.3, 0.4) is 0 Å². The van der Waals surface area contributed by atoms with Gasteiger partial charge < -0.3 is 10.2 Å². The van der Waals surface area contributed by atoms with E-state index in [1.807, 2.05) is 6.20 Å². The lowest BCUT2D eigenvalue weighted by Gasteiger charge is -2.43. The number of rotatable bonds is 4. The third-order valence-electron chi connectivity index (χ3n) is 5.86. The smallest absolute Gasteiger partial charge is 0.199 e. The predicted molar refractivity (Wildman–Crippen MR) is 117 cm³/mol. The highest BCUT2D eigenvalue weighted by Crippen LogP contribution is 2.27. The van der Waals surface area contributed by atoms with Gasteiger partial charge in [0, 0.05) is 48.3 Å². The highest BCUT2D eigenvalue weighted by molar-refractivity contribution is 5.73. The fourth-order valence-electron chi connectivity index (χ4n) is 4.03. The van der Waals surface area contributed by atoms with Crippen LogP contribution < -0.4 is 10.2 Å². The second kappa shape index (κ2) is 7.42. The van der Waals surface area contributed by atoms with Crippen LogP contribution in [-0.2, 0) is 0 Å². The van der Waals surface area contributed by atoms with Gasteiger partial charge in [-0.2, -0.15) is 10.2 Å². The molecule has 2 N–H and O–H groups in total. The Kier molecular flexibility index (Phi) is 4.59. The number of hydrogen-bond donors (Lipinski definition) is 2. The quantitative estimate of drug-likeness (QED) is 0.541. The summed E-state index contributed by atoms with van der Waals surface area (Å²) in [5, 5.41) is 14.5. The summed E-state index contributed by atoms with van der Waals surface area (Å²) in [6.07, 6.45) is 6.86. The summed E-state index contributed by atoms with van der Waals surface area (Å²) in [6, 6.07) is 9.53. The van der Waals surface area contributed by atoms with Gasteiger partial charge in [-0.15, -0.1) is 0 Å². The van der Waals surface area contributed by atoms with Crippen molar-refractivity contribution in [1.82, 2.24) is 34.7 Å². The number of piperazine rings is 1. The van der Waals surface area contributed by atoms with Crippen molar-refractivity contribution in [3.8, 4) is 11.3 Å². The number of H-pyrrole nitrogens is 1. The molecule has 154 valence electrons. The molecule has 1 fully saturated rings. The van der Waals surface area contributed by atoms with E-state index >= 15 is 0 Å². The molecule has 1 saturated heterocycles. The fraction of sp³-hybridized carbons (Fsp3) is 0.333. The van der Waals surface area contributed by atoms with Gasteiger partial charge in [0.1, 0.15) is 6.33 Å². The van der Waals surface area contributed by atoms with Gasteiger partial charge in [0.2, 0.25) is 0 Å². The molecule has 4 heterocycles. The van der Waals surface area contributed by atoms with Crippen LogP contribution in [0.1, 0.15) is 13.8 Å². The van der Waals surface area contributed by atoms with Gasteiger partial charge in [0.15, 0.2) is 11.5 Å². The maximum atomic E-state index is 4.58. The Morgan fingerprint density at radius 3 is 2.63 bits per heavy atom. The summed E-state index contributed by atoms with van der Waals surface area (Å²) in [5.74, 6) is 0.661. The Balaban J connectivity index is 1.39. The minimum absolute atomic E-state index is 0.484. The van der Waals surface area contributed by atoms with Crippen LogP contribution in [0.5, 0.6) is 0 Å². The van der Waals surface area contributed by atoms with Gasteiger partial charge in [-0.25, -0.2) is 14.5 Å². The third-order valence-corrected chi connectivity index (χ3v) is 5.86. The number of nitrogens with one attached hydrogen (secondary N) is 2. The maximum Gasteiger partial charge on any atom is 0.199 e. The number of benzene rings is 1. The number of likely N-dealkylation sites (N-methyl/N-ethyl adjacent to an activating group) is 1. The van der Waals surface area contributed by atoms with Crippen LogP contribution in [0, 0.1) is 0 Å². The first-order valence-corrected chi connectivity index (χ1v) is 10.1. The van der Waals surface area contributed by atoms with Gasteiger partial charge in [-0.3, -0.25) is 10.00 Å². The number of fused-ring (bicyclic) bond motifs is 1. The maximum absolute atomic E-state index is 4.58. The summed E-state index contributed by atoms with van der Waals surface area (Å²) >= 11 is 0. The molecule has 0 saturated carbocycles. The molecule has 0 bridgehead atoms. The molecule has 0 radical (unpaired) electrons. The highest BCUT2D eigenvalue weighted by Gasteiger charge is 2.26. The molecule has 30 heavy (non-hydrogen) atoms. The lowest BCUT2D eigenvalue weighted by Crippen LogP contribution is -2.55. The van der Waals surface area contributed by atoms with Crippen LogP contribution in [-0.4, -0.2) is 66.9 Å². The minimum atomic E-state index is 0.484. The van der Waals surface area contributed by atoms with E-state index in [9.17, 15) is 0 Å². The molecule has 1 aliphatic rings. The third kappa shape index (κ3) is 3.26. The number of aromatic amines is 1. The molecule has 5 rings (SSSR count). The molecule has 9 heteroatoms. The molecule has 3 aromatic heterocycles. The Morgan fingerprint density at radius 1 is 1.03 bits per heavy atom. The minimum Gasteiger partial charge on any atom is -0.366 e. The highest BCUT2D eigenvalue weighted by atomic mass is 15.3. The molecule has 1 aromatic carbocycles. The lowest BCUT2D eigenvalue weighted by molar-refractivity contribution is 0.206. The SMILES string of the molecule is CC1CN(c2ccc(Nc3ncc(-c4cn[nH]c4)n4ncnc34)cc2)[C@@H](C)CN1C. The molecular weight excluding hydrogens is 378 g/mol. The standard InChI is InChI=1S/C21H25N9/c1-14-12-29(15(2)11-28(14)3)18-6-4-17(5-7-18)27-20-21-23-13-26-30(21)19(10-22-20)16-8-24-25-9-16/h4-10,13-15H,11-12H2,1-3H3,(H,22,27)(H,24,25)/t14?,15-/m0/s1. The second-order valence-corrected chi connectivity index (χ2v) is 7.94. The monoisotopic (exact) mass is 403 g/mol. The van der Waals surface area contributed by atoms with Crippen molar-refractivity contribution in [1.29, 1.82) is 0 Å². The van der Waals surface area contributed by atoms with Gasteiger partial charge >= 0.3 is 0 Å². The molecule has 2 atom stereocenters. The predicted octanol–water partition coefficient (Wildman–Crippen LogP) is 2.79. The number of anilines is 3. The van der Waals surface area contributed by atoms with Gasteiger partial charge in [0.05, 0.1) is 18.1 Å². The summed E-state index contributed by atoms with van der Waals surface area (Å²) in [5.41, 5.74) is 4.60. The second-order valence-electron chi connectivity index (χ2n) is 7.94. The van der Waals surface area contributed by atoms with Crippen molar-refractivity contribution in [3.05, 3.63) is 49.2 Å². The van der Waals surface area contributed by atoms with E-state index in [2.05, 4.69) is 85.5 Å². The van der Waals surface area contributed by atoms with Crippen molar-refractivity contribution in [2.75, 3.05) is 30.4 Å². The Morgan fingerprint density at radius 2 is 1.87 bits per heavy atom. The van der Waals surface area contributed by atoms with E-state index in [1.54, 1.807) is 16.9 Å². The molecule has 1 aliphatic heterocycles. The van der Waals surface area contributed by atoms with Crippen LogP contribution in [0.25, 0.3) is 16.9 Å². The zero-order chi connectivity index (χ0) is 20.7. The first kappa shape index (κ1) is 18.6. The van der Waals surface area contributed by atoms with Gasteiger partial charge in [0.25, 0.3) is 0 Å². The van der Waals surface area contributed by atoms with E-state index < -0.39 is 0 Å². The number of nitrogens with zero attached hydrogens (tertiary/aromatic N) is 7. The largest absolute Gasteiger partial charge is 0.366 e. The van der Waals surface area contributed by atoms with E-state index in [0.29, 0.717) is 23.5 Å². The average Bonchev–Trinajstić information content (AvgIpc) is 3.44. The topological polar surface area (TPSA) is 90.3 Å². The van der Waals surface area contributed by atoms with Crippen molar-refractivity contribution in [2.45, 2.75) is 25.9 Å².